The molecule has 0 saturated carbocycles. The summed E-state index contributed by atoms with van der Waals surface area (Å²) in [5.74, 6) is 0.585. The minimum atomic E-state index is -3.83. The number of hydrogen-bond acceptors (Lipinski definition) is 6. The van der Waals surface area contributed by atoms with Gasteiger partial charge in [0.05, 0.1) is 29.8 Å². The summed E-state index contributed by atoms with van der Waals surface area (Å²) in [4.78, 5) is 12.7. The molecule has 2 N–H and O–H groups in total. The molecular weight excluding hydrogens is 476 g/mol. The lowest BCUT2D eigenvalue weighted by Crippen LogP contribution is -2.24. The lowest BCUT2D eigenvalue weighted by atomic mass is 9.89. The first-order chi connectivity index (χ1) is 17.2. The van der Waals surface area contributed by atoms with Gasteiger partial charge in [-0.1, -0.05) is 38.1 Å². The number of sulfonamides is 1. The second-order valence-electron chi connectivity index (χ2n) is 9.11. The minimum absolute atomic E-state index is 0.0775. The Balaban J connectivity index is 1.63. The number of Topliss-reactive ketones (excluding diaryl/α,β-unsaturated/α-hetero) is 1. The average Bonchev–Trinajstić information content (AvgIpc) is 2.88. The molecule has 7 nitrogen and oxygen atoms in total. The first-order valence-electron chi connectivity index (χ1n) is 12.0. The molecule has 1 unspecified atom stereocenters. The molecule has 3 aromatic rings. The van der Waals surface area contributed by atoms with Gasteiger partial charge >= 0.3 is 0 Å². The summed E-state index contributed by atoms with van der Waals surface area (Å²) in [6.07, 6.45) is 0.306. The van der Waals surface area contributed by atoms with Crippen molar-refractivity contribution in [3.05, 3.63) is 83.4 Å². The van der Waals surface area contributed by atoms with E-state index in [1.165, 1.54) is 7.11 Å². The zero-order valence-corrected chi connectivity index (χ0v) is 21.8. The van der Waals surface area contributed by atoms with Crippen LogP contribution in [0.5, 0.6) is 5.75 Å². The lowest BCUT2D eigenvalue weighted by molar-refractivity contribution is 0.0497. The largest absolute Gasteiger partial charge is 0.497 e. The Kier molecular flexibility index (Phi) is 7.66. The summed E-state index contributed by atoms with van der Waals surface area (Å²) in [7, 11) is -2.29. The highest BCUT2D eigenvalue weighted by Gasteiger charge is 2.30. The maximum Gasteiger partial charge on any atom is 0.261 e. The third-order valence-electron chi connectivity index (χ3n) is 6.25. The summed E-state index contributed by atoms with van der Waals surface area (Å²) in [5.41, 5.74) is 3.70. The van der Waals surface area contributed by atoms with E-state index in [4.69, 9.17) is 9.47 Å². The summed E-state index contributed by atoms with van der Waals surface area (Å²) in [6, 6.07) is 19.4. The standard InChI is InChI=1S/C28H32N2O5S/c1-5-35-27-17-26(19-8-6-9-20(14-19)28(31)18(2)3)29-25-13-12-23(16-24(25)27)36(32,33)30-21-10-7-11-22(15-21)34-4/h6-16,18,26-27,29-30H,5,17H2,1-4H3/t26?,27-/m0/s1. The molecule has 0 fully saturated rings. The fraction of sp³-hybridized carbons (Fsp3) is 0.321. The van der Waals surface area contributed by atoms with Crippen molar-refractivity contribution in [3.63, 3.8) is 0 Å². The fourth-order valence-electron chi connectivity index (χ4n) is 4.41. The maximum atomic E-state index is 13.1. The Morgan fingerprint density at radius 2 is 1.86 bits per heavy atom. The van der Waals surface area contributed by atoms with Crippen molar-refractivity contribution in [3.8, 4) is 5.75 Å². The highest BCUT2D eigenvalue weighted by Crippen LogP contribution is 2.42. The minimum Gasteiger partial charge on any atom is -0.497 e. The Morgan fingerprint density at radius 1 is 1.08 bits per heavy atom. The highest BCUT2D eigenvalue weighted by atomic mass is 32.2. The average molecular weight is 509 g/mol. The van der Waals surface area contributed by atoms with Crippen LogP contribution in [0.3, 0.4) is 0 Å². The Morgan fingerprint density at radius 3 is 2.58 bits per heavy atom. The zero-order chi connectivity index (χ0) is 25.9. The second kappa shape index (κ2) is 10.7. The summed E-state index contributed by atoms with van der Waals surface area (Å²) in [6.45, 7) is 6.19. The second-order valence-corrected chi connectivity index (χ2v) is 10.8. The van der Waals surface area contributed by atoms with Crippen molar-refractivity contribution in [2.45, 2.75) is 44.2 Å². The van der Waals surface area contributed by atoms with E-state index in [9.17, 15) is 13.2 Å². The van der Waals surface area contributed by atoms with Crippen LogP contribution in [0.15, 0.2) is 71.6 Å². The van der Waals surface area contributed by atoms with Gasteiger partial charge in [0.1, 0.15) is 5.75 Å². The number of fused-ring (bicyclic) bond motifs is 1. The van der Waals surface area contributed by atoms with Crippen molar-refractivity contribution < 1.29 is 22.7 Å². The molecule has 8 heteroatoms. The fourth-order valence-corrected chi connectivity index (χ4v) is 5.50. The number of methoxy groups -OCH3 is 1. The van der Waals surface area contributed by atoms with Gasteiger partial charge in [0, 0.05) is 41.8 Å². The van der Waals surface area contributed by atoms with E-state index >= 15 is 0 Å². The van der Waals surface area contributed by atoms with E-state index in [0.717, 1.165) is 16.8 Å². The van der Waals surface area contributed by atoms with Gasteiger partial charge in [0.2, 0.25) is 0 Å². The summed E-state index contributed by atoms with van der Waals surface area (Å²) >= 11 is 0. The van der Waals surface area contributed by atoms with Gasteiger partial charge in [-0.15, -0.1) is 0 Å². The van der Waals surface area contributed by atoms with Crippen molar-refractivity contribution in [2.24, 2.45) is 5.92 Å². The van der Waals surface area contributed by atoms with Crippen LogP contribution < -0.4 is 14.8 Å². The number of ether oxygens (including phenoxy) is 2. The summed E-state index contributed by atoms with van der Waals surface area (Å²) < 4.78 is 40.2. The zero-order valence-electron chi connectivity index (χ0n) is 20.9. The van der Waals surface area contributed by atoms with Crippen molar-refractivity contribution in [1.82, 2.24) is 0 Å². The summed E-state index contributed by atoms with van der Waals surface area (Å²) in [5, 5.41) is 3.52. The third kappa shape index (κ3) is 5.55. The number of carbonyl (C=O) groups excluding carboxylic acids is 1. The number of benzene rings is 3. The molecule has 4 rings (SSSR count). The predicted octanol–water partition coefficient (Wildman–Crippen LogP) is 5.97. The monoisotopic (exact) mass is 508 g/mol. The van der Waals surface area contributed by atoms with E-state index in [1.54, 1.807) is 42.5 Å². The molecule has 0 saturated heterocycles. The Bertz CT molecular complexity index is 1350. The van der Waals surface area contributed by atoms with Gasteiger partial charge in [0.15, 0.2) is 5.78 Å². The quantitative estimate of drug-likeness (QED) is 0.346. The van der Waals surface area contributed by atoms with Crippen LogP contribution in [0.25, 0.3) is 0 Å². The van der Waals surface area contributed by atoms with Crippen LogP contribution in [0.2, 0.25) is 0 Å². The van der Waals surface area contributed by atoms with E-state index < -0.39 is 10.0 Å². The molecule has 0 aliphatic carbocycles. The molecule has 0 spiro atoms. The van der Waals surface area contributed by atoms with Crippen LogP contribution in [0.1, 0.15) is 60.8 Å². The molecule has 1 aliphatic heterocycles. The Hall–Kier alpha value is -3.36. The molecular formula is C28H32N2O5S. The molecule has 0 amide bonds. The number of nitrogens with one attached hydrogen (secondary N) is 2. The third-order valence-corrected chi connectivity index (χ3v) is 7.63. The molecule has 190 valence electrons. The SMILES string of the molecule is CCO[C@H]1CC(c2cccc(C(=O)C(C)C)c2)Nc2ccc(S(=O)(=O)Nc3cccc(OC)c3)cc21. The topological polar surface area (TPSA) is 93.7 Å². The number of anilines is 2. The van der Waals surface area contributed by atoms with Gasteiger partial charge in [-0.25, -0.2) is 8.42 Å². The normalized spacial score (nSPS) is 17.2. The molecule has 1 aliphatic rings. The molecule has 36 heavy (non-hydrogen) atoms. The van der Waals surface area contributed by atoms with Crippen molar-refractivity contribution in [2.75, 3.05) is 23.8 Å². The molecule has 0 aromatic heterocycles. The molecule has 3 aromatic carbocycles. The number of carbonyl (C=O) groups is 1. The van der Waals surface area contributed by atoms with E-state index in [2.05, 4.69) is 10.0 Å². The van der Waals surface area contributed by atoms with Crippen LogP contribution in [0, 0.1) is 5.92 Å². The van der Waals surface area contributed by atoms with Crippen LogP contribution in [-0.4, -0.2) is 27.9 Å². The van der Waals surface area contributed by atoms with Crippen LogP contribution >= 0.6 is 0 Å². The molecule has 0 bridgehead atoms. The number of ketones is 1. The smallest absolute Gasteiger partial charge is 0.261 e. The van der Waals surface area contributed by atoms with E-state index in [0.29, 0.717) is 30.0 Å². The number of hydrogen-bond donors (Lipinski definition) is 2. The van der Waals surface area contributed by atoms with Crippen molar-refractivity contribution in [1.29, 1.82) is 0 Å². The van der Waals surface area contributed by atoms with Gasteiger partial charge in [-0.2, -0.15) is 0 Å². The van der Waals surface area contributed by atoms with Gasteiger partial charge < -0.3 is 14.8 Å². The van der Waals surface area contributed by atoms with E-state index in [-0.39, 0.29) is 28.7 Å². The first-order valence-corrected chi connectivity index (χ1v) is 13.5. The molecule has 2 atom stereocenters. The van der Waals surface area contributed by atoms with E-state index in [1.807, 2.05) is 45.0 Å². The van der Waals surface area contributed by atoms with Crippen LogP contribution in [0.4, 0.5) is 11.4 Å². The van der Waals surface area contributed by atoms with Gasteiger partial charge in [0.25, 0.3) is 10.0 Å². The highest BCUT2D eigenvalue weighted by molar-refractivity contribution is 7.92. The maximum absolute atomic E-state index is 13.1. The number of rotatable bonds is 9. The molecule has 1 heterocycles. The van der Waals surface area contributed by atoms with Crippen molar-refractivity contribution >= 4 is 27.2 Å². The lowest BCUT2D eigenvalue weighted by Gasteiger charge is -2.34. The van der Waals surface area contributed by atoms with Gasteiger partial charge in [-0.3, -0.25) is 9.52 Å². The molecule has 0 radical (unpaired) electrons. The van der Waals surface area contributed by atoms with Gasteiger partial charge in [-0.05, 0) is 48.9 Å². The first kappa shape index (κ1) is 25.7. The van der Waals surface area contributed by atoms with Crippen LogP contribution in [-0.2, 0) is 14.8 Å². The predicted molar refractivity (Wildman–Crippen MR) is 141 cm³/mol. The Labute approximate surface area is 212 Å².